The zero-order valence-electron chi connectivity index (χ0n) is 15.7. The van der Waals surface area contributed by atoms with Crippen molar-refractivity contribution in [2.24, 2.45) is 10.7 Å². The van der Waals surface area contributed by atoms with Crippen molar-refractivity contribution in [2.75, 3.05) is 23.3 Å². The third-order valence-corrected chi connectivity index (χ3v) is 4.28. The zero-order chi connectivity index (χ0) is 20.0. The molecule has 0 aliphatic carbocycles. The van der Waals surface area contributed by atoms with E-state index < -0.39 is 6.36 Å². The first kappa shape index (κ1) is 23.0. The summed E-state index contributed by atoms with van der Waals surface area (Å²) in [4.78, 5) is 11.0. The Morgan fingerprint density at radius 2 is 1.83 bits per heavy atom. The number of hydrogen-bond acceptors (Lipinski definition) is 4. The number of pyridine rings is 1. The van der Waals surface area contributed by atoms with Crippen molar-refractivity contribution < 1.29 is 17.9 Å². The highest BCUT2D eigenvalue weighted by Crippen LogP contribution is 2.24. The molecular weight excluding hydrogens is 498 g/mol. The highest BCUT2D eigenvalue weighted by Gasteiger charge is 2.30. The predicted octanol–water partition coefficient (Wildman–Crippen LogP) is 4.52. The van der Waals surface area contributed by atoms with Gasteiger partial charge in [0.05, 0.1) is 6.54 Å². The van der Waals surface area contributed by atoms with Crippen LogP contribution < -0.4 is 20.7 Å². The van der Waals surface area contributed by atoms with Crippen molar-refractivity contribution in [3.63, 3.8) is 0 Å². The smallest absolute Gasteiger partial charge is 0.406 e. The molecule has 2 heterocycles. The summed E-state index contributed by atoms with van der Waals surface area (Å²) in [6.07, 6.45) is 0.651. The van der Waals surface area contributed by atoms with Crippen LogP contribution in [-0.4, -0.2) is 30.4 Å². The zero-order valence-corrected chi connectivity index (χ0v) is 18.0. The molecule has 2 aromatic rings. The van der Waals surface area contributed by atoms with Crippen LogP contribution in [-0.2, 0) is 6.54 Å². The van der Waals surface area contributed by atoms with Gasteiger partial charge in [0.15, 0.2) is 5.96 Å². The van der Waals surface area contributed by atoms with E-state index >= 15 is 0 Å². The van der Waals surface area contributed by atoms with Crippen molar-refractivity contribution in [2.45, 2.75) is 32.2 Å². The van der Waals surface area contributed by atoms with Crippen molar-refractivity contribution in [3.8, 4) is 5.75 Å². The second-order valence-electron chi connectivity index (χ2n) is 6.47. The maximum absolute atomic E-state index is 12.2. The Morgan fingerprint density at radius 3 is 2.48 bits per heavy atom. The average Bonchev–Trinajstić information content (AvgIpc) is 2.68. The Hall–Kier alpha value is -2.24. The maximum Gasteiger partial charge on any atom is 0.573 e. The molecule has 158 valence electrons. The lowest BCUT2D eigenvalue weighted by molar-refractivity contribution is -0.274. The Bertz CT molecular complexity index is 808. The lowest BCUT2D eigenvalue weighted by atomic mass is 10.1. The molecule has 0 spiro atoms. The molecule has 3 rings (SSSR count). The van der Waals surface area contributed by atoms with Gasteiger partial charge in [0.1, 0.15) is 11.6 Å². The number of ether oxygens (including phenoxy) is 1. The van der Waals surface area contributed by atoms with Crippen LogP contribution in [0.15, 0.2) is 47.6 Å². The normalized spacial score (nSPS) is 14.9. The Morgan fingerprint density at radius 1 is 1.14 bits per heavy atom. The number of piperidine rings is 1. The van der Waals surface area contributed by atoms with Crippen molar-refractivity contribution in [1.29, 1.82) is 0 Å². The second-order valence-corrected chi connectivity index (χ2v) is 6.47. The van der Waals surface area contributed by atoms with Crippen LogP contribution in [0.3, 0.4) is 0 Å². The molecule has 29 heavy (non-hydrogen) atoms. The molecule has 3 N–H and O–H groups in total. The average molecular weight is 521 g/mol. The van der Waals surface area contributed by atoms with Crippen molar-refractivity contribution in [1.82, 2.24) is 4.98 Å². The van der Waals surface area contributed by atoms with Crippen LogP contribution in [0.5, 0.6) is 5.75 Å². The molecule has 0 unspecified atom stereocenters. The molecule has 0 radical (unpaired) electrons. The second kappa shape index (κ2) is 10.5. The first-order chi connectivity index (χ1) is 13.4. The third-order valence-electron chi connectivity index (χ3n) is 4.28. The standard InChI is InChI=1S/C19H22F3N5O.HI/c20-19(21,22)28-16-6-4-15(5-7-16)26-18(23)25-13-14-8-9-24-17(12-14)27-10-2-1-3-11-27;/h4-9,12H,1-3,10-11,13H2,(H3,23,25,26);1H. The quantitative estimate of drug-likeness (QED) is 0.344. The van der Waals surface area contributed by atoms with E-state index in [0.717, 1.165) is 24.5 Å². The van der Waals surface area contributed by atoms with Gasteiger partial charge in [-0.1, -0.05) is 0 Å². The molecule has 1 aromatic heterocycles. The lowest BCUT2D eigenvalue weighted by Gasteiger charge is -2.27. The molecule has 0 amide bonds. The largest absolute Gasteiger partial charge is 0.573 e. The molecule has 0 saturated carbocycles. The number of halogens is 4. The van der Waals surface area contributed by atoms with Gasteiger partial charge in [0, 0.05) is 25.0 Å². The van der Waals surface area contributed by atoms with Crippen LogP contribution in [0.2, 0.25) is 0 Å². The molecule has 1 aromatic carbocycles. The Balaban J connectivity index is 0.00000300. The van der Waals surface area contributed by atoms with Crippen LogP contribution >= 0.6 is 24.0 Å². The van der Waals surface area contributed by atoms with Crippen LogP contribution in [0.1, 0.15) is 24.8 Å². The highest BCUT2D eigenvalue weighted by molar-refractivity contribution is 14.0. The topological polar surface area (TPSA) is 75.8 Å². The van der Waals surface area contributed by atoms with Gasteiger partial charge in [0.2, 0.25) is 0 Å². The van der Waals surface area contributed by atoms with E-state index in [1.54, 1.807) is 6.20 Å². The molecular formula is C19H23F3IN5O. The number of hydrogen-bond donors (Lipinski definition) is 2. The van der Waals surface area contributed by atoms with E-state index in [2.05, 4.69) is 24.9 Å². The minimum atomic E-state index is -4.72. The first-order valence-electron chi connectivity index (χ1n) is 9.02. The molecule has 0 atom stereocenters. The summed E-state index contributed by atoms with van der Waals surface area (Å²) in [5, 5.41) is 2.85. The molecule has 1 fully saturated rings. The number of aromatic nitrogens is 1. The summed E-state index contributed by atoms with van der Waals surface area (Å²) in [5.41, 5.74) is 7.37. The summed E-state index contributed by atoms with van der Waals surface area (Å²) in [6.45, 7) is 2.40. The van der Waals surface area contributed by atoms with Crippen molar-refractivity contribution >= 4 is 41.4 Å². The minimum absolute atomic E-state index is 0. The number of guanidine groups is 1. The van der Waals surface area contributed by atoms with Gasteiger partial charge < -0.3 is 20.7 Å². The SMILES string of the molecule is I.NC(=NCc1ccnc(N2CCCCC2)c1)Nc1ccc(OC(F)(F)F)cc1. The number of nitrogens with zero attached hydrogens (tertiary/aromatic N) is 3. The summed E-state index contributed by atoms with van der Waals surface area (Å²) < 4.78 is 40.4. The monoisotopic (exact) mass is 521 g/mol. The number of aliphatic imine (C=N–C) groups is 1. The lowest BCUT2D eigenvalue weighted by Crippen LogP contribution is -2.30. The van der Waals surface area contributed by atoms with E-state index in [0.29, 0.717) is 12.2 Å². The Labute approximate surface area is 184 Å². The van der Waals surface area contributed by atoms with Gasteiger partial charge in [-0.2, -0.15) is 0 Å². The molecule has 1 aliphatic heterocycles. The summed E-state index contributed by atoms with van der Waals surface area (Å²) in [5.74, 6) is 0.815. The van der Waals surface area contributed by atoms with E-state index in [9.17, 15) is 13.2 Å². The van der Waals surface area contributed by atoms with Gasteiger partial charge in [-0.15, -0.1) is 37.1 Å². The first-order valence-corrected chi connectivity index (χ1v) is 9.02. The molecule has 0 bridgehead atoms. The minimum Gasteiger partial charge on any atom is -0.406 e. The number of alkyl halides is 3. The van der Waals surface area contributed by atoms with Gasteiger partial charge >= 0.3 is 6.36 Å². The third kappa shape index (κ3) is 7.59. The molecule has 1 saturated heterocycles. The molecule has 1 aliphatic rings. The van der Waals surface area contributed by atoms with Crippen LogP contribution in [0.4, 0.5) is 24.7 Å². The summed E-state index contributed by atoms with van der Waals surface area (Å²) in [7, 11) is 0. The predicted molar refractivity (Wildman–Crippen MR) is 118 cm³/mol. The van der Waals surface area contributed by atoms with Gasteiger partial charge in [-0.25, -0.2) is 9.98 Å². The fraction of sp³-hybridized carbons (Fsp3) is 0.368. The number of nitrogens with two attached hydrogens (primary N) is 1. The van der Waals surface area contributed by atoms with E-state index in [4.69, 9.17) is 5.73 Å². The maximum atomic E-state index is 12.2. The number of nitrogens with one attached hydrogen (secondary N) is 1. The van der Waals surface area contributed by atoms with Crippen molar-refractivity contribution in [3.05, 3.63) is 48.2 Å². The molecule has 6 nitrogen and oxygen atoms in total. The van der Waals surface area contributed by atoms with Gasteiger partial charge in [-0.3, -0.25) is 0 Å². The number of benzene rings is 1. The fourth-order valence-electron chi connectivity index (χ4n) is 2.96. The van der Waals surface area contributed by atoms with Gasteiger partial charge in [0.25, 0.3) is 0 Å². The van der Waals surface area contributed by atoms with E-state index in [1.807, 2.05) is 12.1 Å². The highest BCUT2D eigenvalue weighted by atomic mass is 127. The number of anilines is 2. The summed E-state index contributed by atoms with van der Waals surface area (Å²) in [6, 6.07) is 9.17. The fourth-order valence-corrected chi connectivity index (χ4v) is 2.96. The Kier molecular flexibility index (Phi) is 8.35. The van der Waals surface area contributed by atoms with Crippen LogP contribution in [0.25, 0.3) is 0 Å². The van der Waals surface area contributed by atoms with E-state index in [1.165, 1.54) is 43.5 Å². The van der Waals surface area contributed by atoms with E-state index in [-0.39, 0.29) is 35.7 Å². The van der Waals surface area contributed by atoms with Crippen LogP contribution in [0, 0.1) is 0 Å². The summed E-state index contributed by atoms with van der Waals surface area (Å²) >= 11 is 0. The molecule has 10 heteroatoms. The number of rotatable bonds is 5. The van der Waals surface area contributed by atoms with Gasteiger partial charge in [-0.05, 0) is 61.2 Å².